The zero-order valence-corrected chi connectivity index (χ0v) is 10.8. The van der Waals surface area contributed by atoms with E-state index in [1.807, 2.05) is 24.4 Å². The Bertz CT molecular complexity index is 467. The van der Waals surface area contributed by atoms with Crippen LogP contribution in [0, 0.1) is 0 Å². The lowest BCUT2D eigenvalue weighted by Gasteiger charge is -2.22. The van der Waals surface area contributed by atoms with Gasteiger partial charge in [-0.25, -0.2) is 0 Å². The summed E-state index contributed by atoms with van der Waals surface area (Å²) in [7, 11) is 0. The summed E-state index contributed by atoms with van der Waals surface area (Å²) in [6.45, 7) is 4.10. The Labute approximate surface area is 104 Å². The average Bonchev–Trinajstić information content (AvgIpc) is 2.35. The molecule has 0 bridgehead atoms. The number of alkyl halides is 1. The van der Waals surface area contributed by atoms with Crippen LogP contribution in [0.4, 0.5) is 5.69 Å². The van der Waals surface area contributed by atoms with Gasteiger partial charge in [0.05, 0.1) is 17.4 Å². The molecular formula is C12H14BrN3. The summed E-state index contributed by atoms with van der Waals surface area (Å²) < 4.78 is 0. The molecule has 0 aliphatic rings. The fourth-order valence-corrected chi connectivity index (χ4v) is 2.22. The highest BCUT2D eigenvalue weighted by atomic mass is 79.9. The molecule has 3 nitrogen and oxygen atoms in total. The van der Waals surface area contributed by atoms with Gasteiger partial charge in [0.2, 0.25) is 0 Å². The molecule has 0 amide bonds. The van der Waals surface area contributed by atoms with Crippen molar-refractivity contribution in [3.63, 3.8) is 0 Å². The van der Waals surface area contributed by atoms with Crippen molar-refractivity contribution >= 4 is 32.5 Å². The fourth-order valence-electron chi connectivity index (χ4n) is 1.80. The molecule has 0 aliphatic carbocycles. The molecule has 0 atom stereocenters. The van der Waals surface area contributed by atoms with Crippen molar-refractivity contribution < 1.29 is 0 Å². The molecule has 0 saturated heterocycles. The maximum atomic E-state index is 4.13. The lowest BCUT2D eigenvalue weighted by molar-refractivity contribution is 0.871. The summed E-state index contributed by atoms with van der Waals surface area (Å²) in [4.78, 5) is 2.30. The second-order valence-electron chi connectivity index (χ2n) is 3.52. The number of benzene rings is 1. The smallest absolute Gasteiger partial charge is 0.0950 e. The Morgan fingerprint density at radius 2 is 2.12 bits per heavy atom. The summed E-state index contributed by atoms with van der Waals surface area (Å²) in [6, 6.07) is 8.11. The van der Waals surface area contributed by atoms with Gasteiger partial charge in [-0.3, -0.25) is 0 Å². The zero-order chi connectivity index (χ0) is 11.4. The Morgan fingerprint density at radius 3 is 2.88 bits per heavy atom. The van der Waals surface area contributed by atoms with Crippen molar-refractivity contribution in [2.75, 3.05) is 23.3 Å². The number of rotatable bonds is 4. The number of anilines is 1. The first kappa shape index (κ1) is 11.3. The summed E-state index contributed by atoms with van der Waals surface area (Å²) in [5, 5.41) is 10.3. The molecule has 0 radical (unpaired) electrons. The van der Waals surface area contributed by atoms with Crippen LogP contribution in [-0.4, -0.2) is 28.6 Å². The SMILES string of the molecule is CCN(CCBr)c1cnnc2ccccc12. The largest absolute Gasteiger partial charge is 0.369 e. The molecule has 1 aromatic carbocycles. The van der Waals surface area contributed by atoms with Crippen LogP contribution in [-0.2, 0) is 0 Å². The van der Waals surface area contributed by atoms with Crippen LogP contribution in [0.2, 0.25) is 0 Å². The number of fused-ring (bicyclic) bond motifs is 1. The molecular weight excluding hydrogens is 266 g/mol. The van der Waals surface area contributed by atoms with Crippen LogP contribution in [0.5, 0.6) is 0 Å². The van der Waals surface area contributed by atoms with Crippen LogP contribution in [0.1, 0.15) is 6.92 Å². The molecule has 16 heavy (non-hydrogen) atoms. The van der Waals surface area contributed by atoms with Crippen LogP contribution >= 0.6 is 15.9 Å². The van der Waals surface area contributed by atoms with Gasteiger partial charge >= 0.3 is 0 Å². The Morgan fingerprint density at radius 1 is 1.31 bits per heavy atom. The Kier molecular flexibility index (Phi) is 3.72. The van der Waals surface area contributed by atoms with Crippen LogP contribution in [0.15, 0.2) is 30.5 Å². The molecule has 0 fully saturated rings. The normalized spacial score (nSPS) is 10.6. The Balaban J connectivity index is 2.50. The highest BCUT2D eigenvalue weighted by Crippen LogP contribution is 2.23. The van der Waals surface area contributed by atoms with Crippen LogP contribution in [0.25, 0.3) is 10.9 Å². The van der Waals surface area contributed by atoms with Gasteiger partial charge in [0.25, 0.3) is 0 Å². The third-order valence-electron chi connectivity index (χ3n) is 2.60. The number of nitrogens with zero attached hydrogens (tertiary/aromatic N) is 3. The van der Waals surface area contributed by atoms with E-state index in [0.29, 0.717) is 0 Å². The lowest BCUT2D eigenvalue weighted by Crippen LogP contribution is -2.25. The van der Waals surface area contributed by atoms with E-state index >= 15 is 0 Å². The first-order valence-electron chi connectivity index (χ1n) is 5.38. The van der Waals surface area contributed by atoms with E-state index in [9.17, 15) is 0 Å². The summed E-state index contributed by atoms with van der Waals surface area (Å²) in [5.74, 6) is 0. The van der Waals surface area contributed by atoms with E-state index in [-0.39, 0.29) is 0 Å². The van der Waals surface area contributed by atoms with Gasteiger partial charge < -0.3 is 4.90 Å². The highest BCUT2D eigenvalue weighted by molar-refractivity contribution is 9.09. The van der Waals surface area contributed by atoms with Gasteiger partial charge in [-0.2, -0.15) is 10.2 Å². The molecule has 0 spiro atoms. The molecule has 2 rings (SSSR count). The molecule has 4 heteroatoms. The van der Waals surface area contributed by atoms with Crippen LogP contribution in [0.3, 0.4) is 0 Å². The minimum atomic E-state index is 0.952. The molecule has 1 heterocycles. The average molecular weight is 280 g/mol. The van der Waals surface area contributed by atoms with E-state index in [2.05, 4.69) is 44.0 Å². The van der Waals surface area contributed by atoms with Crippen molar-refractivity contribution in [2.24, 2.45) is 0 Å². The zero-order valence-electron chi connectivity index (χ0n) is 9.23. The van der Waals surface area contributed by atoms with Gasteiger partial charge in [-0.05, 0) is 13.0 Å². The fraction of sp³-hybridized carbons (Fsp3) is 0.333. The highest BCUT2D eigenvalue weighted by Gasteiger charge is 2.08. The van der Waals surface area contributed by atoms with E-state index < -0.39 is 0 Å². The second-order valence-corrected chi connectivity index (χ2v) is 4.31. The number of halogens is 1. The quantitative estimate of drug-likeness (QED) is 0.806. The van der Waals surface area contributed by atoms with Crippen molar-refractivity contribution in [3.8, 4) is 0 Å². The summed E-state index contributed by atoms with van der Waals surface area (Å²) in [6.07, 6.45) is 1.84. The van der Waals surface area contributed by atoms with E-state index in [4.69, 9.17) is 0 Å². The van der Waals surface area contributed by atoms with Crippen LogP contribution < -0.4 is 4.90 Å². The summed E-state index contributed by atoms with van der Waals surface area (Å²) in [5.41, 5.74) is 2.11. The summed E-state index contributed by atoms with van der Waals surface area (Å²) >= 11 is 3.47. The van der Waals surface area contributed by atoms with Gasteiger partial charge in [-0.1, -0.05) is 34.1 Å². The Hall–Kier alpha value is -1.16. The molecule has 0 N–H and O–H groups in total. The van der Waals surface area contributed by atoms with Crippen molar-refractivity contribution in [1.29, 1.82) is 0 Å². The molecule has 0 unspecified atom stereocenters. The van der Waals surface area contributed by atoms with E-state index in [1.54, 1.807) is 0 Å². The van der Waals surface area contributed by atoms with Crippen molar-refractivity contribution in [1.82, 2.24) is 10.2 Å². The first-order valence-corrected chi connectivity index (χ1v) is 6.50. The van der Waals surface area contributed by atoms with Crippen molar-refractivity contribution in [3.05, 3.63) is 30.5 Å². The topological polar surface area (TPSA) is 29.0 Å². The van der Waals surface area contributed by atoms with Gasteiger partial charge in [0, 0.05) is 23.8 Å². The first-order chi connectivity index (χ1) is 7.86. The predicted octanol–water partition coefficient (Wildman–Crippen LogP) is 2.85. The minimum absolute atomic E-state index is 0.952. The predicted molar refractivity (Wildman–Crippen MR) is 71.2 cm³/mol. The third-order valence-corrected chi connectivity index (χ3v) is 2.96. The maximum Gasteiger partial charge on any atom is 0.0950 e. The monoisotopic (exact) mass is 279 g/mol. The molecule has 0 saturated carbocycles. The third kappa shape index (κ3) is 2.16. The molecule has 1 aromatic heterocycles. The number of hydrogen-bond donors (Lipinski definition) is 0. The molecule has 2 aromatic rings. The standard InChI is InChI=1S/C12H14BrN3/c1-2-16(8-7-13)12-9-14-15-11-6-4-3-5-10(11)12/h3-6,9H,2,7-8H2,1H3. The van der Waals surface area contributed by atoms with E-state index in [1.165, 1.54) is 5.39 Å². The number of hydrogen-bond acceptors (Lipinski definition) is 3. The van der Waals surface area contributed by atoms with Gasteiger partial charge in [0.15, 0.2) is 0 Å². The van der Waals surface area contributed by atoms with Gasteiger partial charge in [-0.15, -0.1) is 0 Å². The van der Waals surface area contributed by atoms with Gasteiger partial charge in [0.1, 0.15) is 0 Å². The van der Waals surface area contributed by atoms with Crippen molar-refractivity contribution in [2.45, 2.75) is 6.92 Å². The minimum Gasteiger partial charge on any atom is -0.369 e. The molecule has 0 aliphatic heterocycles. The van der Waals surface area contributed by atoms with E-state index in [0.717, 1.165) is 29.6 Å². The molecule has 84 valence electrons. The maximum absolute atomic E-state index is 4.13. The lowest BCUT2D eigenvalue weighted by atomic mass is 10.2. The number of aromatic nitrogens is 2. The second kappa shape index (κ2) is 5.25.